The second-order valence-electron chi connectivity index (χ2n) is 8.35. The molecule has 0 spiro atoms. The number of fused-ring (bicyclic) bond motifs is 2. The zero-order valence-corrected chi connectivity index (χ0v) is 17.8. The molecule has 0 radical (unpaired) electrons. The van der Waals surface area contributed by atoms with Crippen molar-refractivity contribution < 1.29 is 19.4 Å². The number of hydrogen-bond acceptors (Lipinski definition) is 3. The minimum atomic E-state index is -0.922. The van der Waals surface area contributed by atoms with Gasteiger partial charge in [-0.05, 0) is 71.0 Å². The van der Waals surface area contributed by atoms with Crippen molar-refractivity contribution in [1.29, 1.82) is 0 Å². The summed E-state index contributed by atoms with van der Waals surface area (Å²) in [6, 6.07) is 15.3. The number of aromatic carboxylic acids is 1. The number of aromatic amines is 2. The zero-order chi connectivity index (χ0) is 22.1. The molecule has 0 fully saturated rings. The maximum absolute atomic E-state index is 11.9. The predicted molar refractivity (Wildman–Crippen MR) is 118 cm³/mol. The minimum absolute atomic E-state index is 0.237. The predicted octanol–water partition coefficient (Wildman–Crippen LogP) is 5.61. The summed E-state index contributed by atoms with van der Waals surface area (Å²) in [5.74, 6) is -1.24. The van der Waals surface area contributed by atoms with Crippen LogP contribution < -0.4 is 0 Å². The fourth-order valence-electron chi connectivity index (χ4n) is 3.06. The van der Waals surface area contributed by atoms with Crippen molar-refractivity contribution in [2.75, 3.05) is 0 Å². The van der Waals surface area contributed by atoms with Crippen LogP contribution in [0.2, 0.25) is 0 Å². The van der Waals surface area contributed by atoms with Crippen LogP contribution in [0.3, 0.4) is 0 Å². The lowest BCUT2D eigenvalue weighted by atomic mass is 10.2. The van der Waals surface area contributed by atoms with E-state index in [1.807, 2.05) is 77.1 Å². The van der Waals surface area contributed by atoms with Crippen molar-refractivity contribution in [1.82, 2.24) is 9.97 Å². The molecule has 0 aliphatic heterocycles. The summed E-state index contributed by atoms with van der Waals surface area (Å²) >= 11 is 0. The molecule has 2 heterocycles. The van der Waals surface area contributed by atoms with E-state index in [4.69, 9.17) is 9.84 Å². The highest BCUT2D eigenvalue weighted by molar-refractivity contribution is 5.95. The van der Waals surface area contributed by atoms with E-state index in [9.17, 15) is 9.59 Å². The monoisotopic (exact) mass is 406 g/mol. The third-order valence-electron chi connectivity index (χ3n) is 4.40. The molecule has 0 atom stereocenters. The first kappa shape index (κ1) is 21.2. The fourth-order valence-corrected chi connectivity index (χ4v) is 3.06. The Morgan fingerprint density at radius 2 is 1.27 bits per heavy atom. The number of aromatic nitrogens is 2. The molecule has 6 heteroatoms. The van der Waals surface area contributed by atoms with Crippen LogP contribution in [-0.4, -0.2) is 32.6 Å². The molecule has 6 nitrogen and oxygen atoms in total. The van der Waals surface area contributed by atoms with E-state index < -0.39 is 11.6 Å². The number of ether oxygens (including phenoxy) is 1. The van der Waals surface area contributed by atoms with Gasteiger partial charge in [0.15, 0.2) is 0 Å². The Morgan fingerprint density at radius 3 is 1.73 bits per heavy atom. The number of rotatable bonds is 2. The van der Waals surface area contributed by atoms with Crippen molar-refractivity contribution in [3.05, 3.63) is 71.0 Å². The second-order valence-corrected chi connectivity index (χ2v) is 8.35. The Labute approximate surface area is 174 Å². The second kappa shape index (κ2) is 8.06. The van der Waals surface area contributed by atoms with Gasteiger partial charge in [0, 0.05) is 21.8 Å². The summed E-state index contributed by atoms with van der Waals surface area (Å²) in [5.41, 5.74) is 4.39. The Hall–Kier alpha value is -3.54. The number of carbonyl (C=O) groups is 2. The lowest BCUT2D eigenvalue weighted by Crippen LogP contribution is -2.24. The van der Waals surface area contributed by atoms with Gasteiger partial charge in [0.2, 0.25) is 0 Å². The van der Waals surface area contributed by atoms with Crippen LogP contribution in [0.5, 0.6) is 0 Å². The molecule has 3 N–H and O–H groups in total. The number of benzene rings is 2. The van der Waals surface area contributed by atoms with Crippen molar-refractivity contribution in [3.63, 3.8) is 0 Å². The number of hydrogen-bond donors (Lipinski definition) is 3. The van der Waals surface area contributed by atoms with Crippen LogP contribution in [-0.2, 0) is 4.74 Å². The van der Waals surface area contributed by atoms with Gasteiger partial charge in [0.1, 0.15) is 17.0 Å². The van der Waals surface area contributed by atoms with E-state index in [0.717, 1.165) is 27.4 Å². The van der Waals surface area contributed by atoms with Crippen LogP contribution in [0.15, 0.2) is 48.5 Å². The van der Waals surface area contributed by atoms with Crippen molar-refractivity contribution in [2.24, 2.45) is 0 Å². The Morgan fingerprint density at radius 1 is 0.800 bits per heavy atom. The van der Waals surface area contributed by atoms with Gasteiger partial charge in [-0.15, -0.1) is 0 Å². The summed E-state index contributed by atoms with van der Waals surface area (Å²) in [6.07, 6.45) is 0. The first-order valence-electron chi connectivity index (χ1n) is 9.67. The van der Waals surface area contributed by atoms with Crippen LogP contribution in [0.1, 0.15) is 52.9 Å². The lowest BCUT2D eigenvalue weighted by Gasteiger charge is -2.18. The molecule has 0 bridgehead atoms. The van der Waals surface area contributed by atoms with Crippen molar-refractivity contribution >= 4 is 33.7 Å². The number of aryl methyl sites for hydroxylation is 2. The SMILES string of the molecule is Cc1ccc2[nH]c(C(=O)O)cc2c1.Cc1ccc2[nH]c(C(=O)OC(C)(C)C)cc2c1. The number of carboxylic acids is 1. The Kier molecular flexibility index (Phi) is 5.69. The van der Waals surface area contributed by atoms with Crippen LogP contribution in [0, 0.1) is 13.8 Å². The van der Waals surface area contributed by atoms with Crippen LogP contribution in [0.4, 0.5) is 0 Å². The molecule has 30 heavy (non-hydrogen) atoms. The number of carbonyl (C=O) groups excluding carboxylic acids is 1. The molecule has 0 aliphatic rings. The number of nitrogens with one attached hydrogen (secondary N) is 2. The lowest BCUT2D eigenvalue weighted by molar-refractivity contribution is 0.00637. The molecule has 0 amide bonds. The topological polar surface area (TPSA) is 95.2 Å². The summed E-state index contributed by atoms with van der Waals surface area (Å²) in [5, 5.41) is 10.7. The van der Waals surface area contributed by atoms with Gasteiger partial charge in [0.05, 0.1) is 0 Å². The maximum Gasteiger partial charge on any atom is 0.355 e. The van der Waals surface area contributed by atoms with Gasteiger partial charge >= 0.3 is 11.9 Å². The van der Waals surface area contributed by atoms with Gasteiger partial charge < -0.3 is 19.8 Å². The Balaban J connectivity index is 0.000000177. The van der Waals surface area contributed by atoms with Crippen LogP contribution in [0.25, 0.3) is 21.8 Å². The van der Waals surface area contributed by atoms with E-state index in [1.54, 1.807) is 6.07 Å². The van der Waals surface area contributed by atoms with Crippen LogP contribution >= 0.6 is 0 Å². The molecule has 0 saturated carbocycles. The zero-order valence-electron chi connectivity index (χ0n) is 17.8. The number of carboxylic acid groups (broad SMARTS) is 1. The molecule has 4 aromatic rings. The molecular formula is C24H26N2O4. The maximum atomic E-state index is 11.9. The quantitative estimate of drug-likeness (QED) is 0.377. The average Bonchev–Trinajstić information content (AvgIpc) is 3.24. The van der Waals surface area contributed by atoms with Gasteiger partial charge in [-0.25, -0.2) is 9.59 Å². The Bertz CT molecular complexity index is 1230. The standard InChI is InChI=1S/C14H17NO2.C10H9NO2/c1-9-5-6-11-10(7-9)8-12(15-11)13(16)17-14(2,3)4;1-6-2-3-8-7(4-6)5-9(11-8)10(12)13/h5-8,15H,1-4H3;2-5,11H,1H3,(H,12,13). The highest BCUT2D eigenvalue weighted by atomic mass is 16.6. The van der Waals surface area contributed by atoms with E-state index in [2.05, 4.69) is 9.97 Å². The summed E-state index contributed by atoms with van der Waals surface area (Å²) in [6.45, 7) is 9.58. The van der Waals surface area contributed by atoms with Gasteiger partial charge in [-0.2, -0.15) is 0 Å². The average molecular weight is 406 g/mol. The molecular weight excluding hydrogens is 380 g/mol. The first-order chi connectivity index (χ1) is 14.0. The fraction of sp³-hybridized carbons (Fsp3) is 0.250. The molecule has 0 saturated heterocycles. The van der Waals surface area contributed by atoms with Gasteiger partial charge in [-0.1, -0.05) is 23.3 Å². The molecule has 0 unspecified atom stereocenters. The summed E-state index contributed by atoms with van der Waals surface area (Å²) in [4.78, 5) is 28.4. The van der Waals surface area contributed by atoms with Crippen molar-refractivity contribution in [3.8, 4) is 0 Å². The van der Waals surface area contributed by atoms with E-state index in [-0.39, 0.29) is 11.7 Å². The largest absolute Gasteiger partial charge is 0.477 e. The molecule has 2 aromatic heterocycles. The highest BCUT2D eigenvalue weighted by Crippen LogP contribution is 2.19. The minimum Gasteiger partial charge on any atom is -0.477 e. The third kappa shape index (κ3) is 5.08. The molecule has 4 rings (SSSR count). The van der Waals surface area contributed by atoms with E-state index in [1.165, 1.54) is 5.56 Å². The smallest absolute Gasteiger partial charge is 0.355 e. The summed E-state index contributed by atoms with van der Waals surface area (Å²) in [7, 11) is 0. The normalized spacial score (nSPS) is 11.2. The van der Waals surface area contributed by atoms with E-state index >= 15 is 0 Å². The summed E-state index contributed by atoms with van der Waals surface area (Å²) < 4.78 is 5.31. The molecule has 2 aromatic carbocycles. The van der Waals surface area contributed by atoms with Gasteiger partial charge in [-0.3, -0.25) is 0 Å². The third-order valence-corrected chi connectivity index (χ3v) is 4.40. The van der Waals surface area contributed by atoms with Crippen molar-refractivity contribution in [2.45, 2.75) is 40.2 Å². The number of esters is 1. The highest BCUT2D eigenvalue weighted by Gasteiger charge is 2.19. The van der Waals surface area contributed by atoms with E-state index in [0.29, 0.717) is 5.69 Å². The first-order valence-corrected chi connectivity index (χ1v) is 9.67. The molecule has 156 valence electrons. The molecule has 0 aliphatic carbocycles. The number of H-pyrrole nitrogens is 2. The van der Waals surface area contributed by atoms with Gasteiger partial charge in [0.25, 0.3) is 0 Å².